The highest BCUT2D eigenvalue weighted by Gasteiger charge is 2.20. The monoisotopic (exact) mass is 179 g/mol. The predicted octanol–water partition coefficient (Wildman–Crippen LogP) is 1.28. The fourth-order valence-electron chi connectivity index (χ4n) is 2.20. The minimum atomic E-state index is 0.501. The van der Waals surface area contributed by atoms with Crippen LogP contribution in [0.3, 0.4) is 0 Å². The third kappa shape index (κ3) is 1.37. The fourth-order valence-corrected chi connectivity index (χ4v) is 2.20. The van der Waals surface area contributed by atoms with Gasteiger partial charge in [0.1, 0.15) is 5.82 Å². The lowest BCUT2D eigenvalue weighted by Crippen LogP contribution is -2.25. The molecule has 2 rings (SSSR count). The van der Waals surface area contributed by atoms with Crippen molar-refractivity contribution in [1.29, 1.82) is 0 Å². The summed E-state index contributed by atoms with van der Waals surface area (Å²) in [7, 11) is 0. The standard InChI is InChI=1S/C10H17N3/c1-2-10-12-7-9-5-3-4-8(6-11)13(9)10/h7-8H,2-6,11H2,1H3. The number of nitrogens with zero attached hydrogens (tertiary/aromatic N) is 2. The zero-order chi connectivity index (χ0) is 9.26. The highest BCUT2D eigenvalue weighted by atomic mass is 15.1. The molecule has 1 aromatic rings. The Bertz CT molecular complexity index is 277. The number of hydrogen-bond donors (Lipinski definition) is 1. The quantitative estimate of drug-likeness (QED) is 0.743. The summed E-state index contributed by atoms with van der Waals surface area (Å²) in [4.78, 5) is 4.42. The van der Waals surface area contributed by atoms with Gasteiger partial charge >= 0.3 is 0 Å². The molecule has 1 unspecified atom stereocenters. The van der Waals surface area contributed by atoms with E-state index >= 15 is 0 Å². The van der Waals surface area contributed by atoms with Crippen LogP contribution in [0.4, 0.5) is 0 Å². The molecule has 0 amide bonds. The lowest BCUT2D eigenvalue weighted by Gasteiger charge is -2.25. The van der Waals surface area contributed by atoms with Gasteiger partial charge in [-0.05, 0) is 19.3 Å². The van der Waals surface area contributed by atoms with Crippen molar-refractivity contribution in [2.75, 3.05) is 6.54 Å². The van der Waals surface area contributed by atoms with Crippen LogP contribution in [0.1, 0.15) is 37.3 Å². The average Bonchev–Trinajstić information content (AvgIpc) is 2.60. The Hall–Kier alpha value is -0.830. The van der Waals surface area contributed by atoms with Crippen LogP contribution in [-0.2, 0) is 12.8 Å². The fraction of sp³-hybridized carbons (Fsp3) is 0.700. The number of hydrogen-bond acceptors (Lipinski definition) is 2. The third-order valence-electron chi connectivity index (χ3n) is 2.87. The maximum absolute atomic E-state index is 5.75. The molecule has 2 heterocycles. The molecule has 3 nitrogen and oxygen atoms in total. The zero-order valence-corrected chi connectivity index (χ0v) is 8.16. The molecule has 13 heavy (non-hydrogen) atoms. The minimum absolute atomic E-state index is 0.501. The average molecular weight is 179 g/mol. The van der Waals surface area contributed by atoms with E-state index < -0.39 is 0 Å². The van der Waals surface area contributed by atoms with Crippen molar-refractivity contribution < 1.29 is 0 Å². The van der Waals surface area contributed by atoms with Gasteiger partial charge in [-0.1, -0.05) is 6.92 Å². The number of imidazole rings is 1. The first-order chi connectivity index (χ1) is 6.36. The highest BCUT2D eigenvalue weighted by molar-refractivity contribution is 5.10. The Balaban J connectivity index is 2.39. The van der Waals surface area contributed by atoms with Gasteiger partial charge in [-0.25, -0.2) is 4.98 Å². The molecule has 0 fully saturated rings. The van der Waals surface area contributed by atoms with Gasteiger partial charge in [-0.3, -0.25) is 0 Å². The molecule has 2 N–H and O–H groups in total. The second-order valence-corrected chi connectivity index (χ2v) is 3.67. The molecule has 0 spiro atoms. The van der Waals surface area contributed by atoms with Gasteiger partial charge in [0, 0.05) is 30.9 Å². The van der Waals surface area contributed by atoms with E-state index in [-0.39, 0.29) is 0 Å². The summed E-state index contributed by atoms with van der Waals surface area (Å²) in [5.74, 6) is 1.20. The second kappa shape index (κ2) is 3.50. The SMILES string of the molecule is CCc1ncc2n1C(CN)CCC2. The van der Waals surface area contributed by atoms with E-state index in [9.17, 15) is 0 Å². The summed E-state index contributed by atoms with van der Waals surface area (Å²) >= 11 is 0. The molecule has 1 aliphatic rings. The van der Waals surface area contributed by atoms with Crippen molar-refractivity contribution in [3.8, 4) is 0 Å². The molecule has 1 atom stereocenters. The van der Waals surface area contributed by atoms with Crippen molar-refractivity contribution in [3.63, 3.8) is 0 Å². The Labute approximate surface area is 79.0 Å². The zero-order valence-electron chi connectivity index (χ0n) is 8.16. The number of nitrogens with two attached hydrogens (primary N) is 1. The molecule has 0 radical (unpaired) electrons. The predicted molar refractivity (Wildman–Crippen MR) is 52.6 cm³/mol. The highest BCUT2D eigenvalue weighted by Crippen LogP contribution is 2.25. The van der Waals surface area contributed by atoms with E-state index in [1.54, 1.807) is 0 Å². The second-order valence-electron chi connectivity index (χ2n) is 3.67. The molecule has 72 valence electrons. The van der Waals surface area contributed by atoms with E-state index in [1.165, 1.54) is 30.8 Å². The van der Waals surface area contributed by atoms with E-state index in [1.807, 2.05) is 6.20 Å². The van der Waals surface area contributed by atoms with Gasteiger partial charge < -0.3 is 10.3 Å². The number of aryl methyl sites for hydroxylation is 2. The first kappa shape index (κ1) is 8.75. The van der Waals surface area contributed by atoms with Crippen LogP contribution in [0.15, 0.2) is 6.20 Å². The van der Waals surface area contributed by atoms with Crippen molar-refractivity contribution in [2.45, 2.75) is 38.6 Å². The van der Waals surface area contributed by atoms with E-state index in [0.29, 0.717) is 6.04 Å². The van der Waals surface area contributed by atoms with E-state index in [0.717, 1.165) is 13.0 Å². The smallest absolute Gasteiger partial charge is 0.108 e. The van der Waals surface area contributed by atoms with Crippen molar-refractivity contribution in [1.82, 2.24) is 9.55 Å². The van der Waals surface area contributed by atoms with Crippen LogP contribution in [0.5, 0.6) is 0 Å². The molecule has 0 bridgehead atoms. The Morgan fingerprint density at radius 3 is 3.23 bits per heavy atom. The van der Waals surface area contributed by atoms with Crippen LogP contribution < -0.4 is 5.73 Å². The van der Waals surface area contributed by atoms with E-state index in [2.05, 4.69) is 16.5 Å². The lowest BCUT2D eigenvalue weighted by molar-refractivity contribution is 0.399. The van der Waals surface area contributed by atoms with Crippen molar-refractivity contribution in [3.05, 3.63) is 17.7 Å². The number of fused-ring (bicyclic) bond motifs is 1. The first-order valence-electron chi connectivity index (χ1n) is 5.11. The molecule has 0 saturated heterocycles. The molecule has 0 aliphatic carbocycles. The summed E-state index contributed by atoms with van der Waals surface area (Å²) < 4.78 is 2.35. The summed E-state index contributed by atoms with van der Waals surface area (Å²) in [5, 5.41) is 0. The van der Waals surface area contributed by atoms with Gasteiger partial charge in [0.05, 0.1) is 0 Å². The summed E-state index contributed by atoms with van der Waals surface area (Å²) in [6.45, 7) is 2.90. The van der Waals surface area contributed by atoms with Gasteiger partial charge in [0.15, 0.2) is 0 Å². The Kier molecular flexibility index (Phi) is 2.36. The van der Waals surface area contributed by atoms with Gasteiger partial charge in [0.25, 0.3) is 0 Å². The Morgan fingerprint density at radius 2 is 2.54 bits per heavy atom. The largest absolute Gasteiger partial charge is 0.328 e. The Morgan fingerprint density at radius 1 is 1.69 bits per heavy atom. The van der Waals surface area contributed by atoms with Gasteiger partial charge in [-0.15, -0.1) is 0 Å². The van der Waals surface area contributed by atoms with E-state index in [4.69, 9.17) is 5.73 Å². The van der Waals surface area contributed by atoms with Gasteiger partial charge in [-0.2, -0.15) is 0 Å². The molecule has 3 heteroatoms. The molecule has 1 aromatic heterocycles. The lowest BCUT2D eigenvalue weighted by atomic mass is 10.0. The van der Waals surface area contributed by atoms with Crippen LogP contribution in [0, 0.1) is 0 Å². The van der Waals surface area contributed by atoms with Gasteiger partial charge in [0.2, 0.25) is 0 Å². The first-order valence-corrected chi connectivity index (χ1v) is 5.11. The normalized spacial score (nSPS) is 21.5. The molecule has 1 aliphatic heterocycles. The van der Waals surface area contributed by atoms with Crippen LogP contribution in [0.25, 0.3) is 0 Å². The minimum Gasteiger partial charge on any atom is -0.328 e. The topological polar surface area (TPSA) is 43.8 Å². The maximum atomic E-state index is 5.75. The van der Waals surface area contributed by atoms with Crippen LogP contribution in [0.2, 0.25) is 0 Å². The number of rotatable bonds is 2. The van der Waals surface area contributed by atoms with Crippen molar-refractivity contribution >= 4 is 0 Å². The summed E-state index contributed by atoms with van der Waals surface area (Å²) in [5.41, 5.74) is 7.13. The van der Waals surface area contributed by atoms with Crippen LogP contribution >= 0.6 is 0 Å². The summed E-state index contributed by atoms with van der Waals surface area (Å²) in [6.07, 6.45) is 6.67. The van der Waals surface area contributed by atoms with Crippen molar-refractivity contribution in [2.24, 2.45) is 5.73 Å². The third-order valence-corrected chi connectivity index (χ3v) is 2.87. The number of aromatic nitrogens is 2. The molecular formula is C10H17N3. The summed E-state index contributed by atoms with van der Waals surface area (Å²) in [6, 6.07) is 0.501. The molecule has 0 saturated carbocycles. The van der Waals surface area contributed by atoms with Crippen LogP contribution in [-0.4, -0.2) is 16.1 Å². The maximum Gasteiger partial charge on any atom is 0.108 e. The molecule has 0 aromatic carbocycles. The molecular weight excluding hydrogens is 162 g/mol.